The van der Waals surface area contributed by atoms with E-state index in [1.54, 1.807) is 0 Å². The molecule has 1 aromatic rings. The molecule has 3 nitrogen and oxygen atoms in total. The third-order valence-electron chi connectivity index (χ3n) is 3.71. The SMILES string of the molecule is CCc1ccc(C(O)CN2CCOC(C)(C)C2)cc1. The summed E-state index contributed by atoms with van der Waals surface area (Å²) in [6.45, 7) is 9.53. The smallest absolute Gasteiger partial charge is 0.0916 e. The van der Waals surface area contributed by atoms with Gasteiger partial charge in [0.15, 0.2) is 0 Å². The van der Waals surface area contributed by atoms with Crippen LogP contribution in [0.4, 0.5) is 0 Å². The van der Waals surface area contributed by atoms with Gasteiger partial charge in [-0.3, -0.25) is 4.90 Å². The predicted molar refractivity (Wildman–Crippen MR) is 77.3 cm³/mol. The molecule has 19 heavy (non-hydrogen) atoms. The molecule has 1 N–H and O–H groups in total. The van der Waals surface area contributed by atoms with Crippen molar-refractivity contribution in [1.82, 2.24) is 4.90 Å². The number of aliphatic hydroxyl groups is 1. The standard InChI is InChI=1S/C16H25NO2/c1-4-13-5-7-14(8-6-13)15(18)11-17-9-10-19-16(2,3)12-17/h5-8,15,18H,4,9-12H2,1-3H3. The number of nitrogens with zero attached hydrogens (tertiary/aromatic N) is 1. The molecular formula is C16H25NO2. The lowest BCUT2D eigenvalue weighted by molar-refractivity contribution is -0.0932. The van der Waals surface area contributed by atoms with Gasteiger partial charge in [-0.05, 0) is 31.4 Å². The molecule has 1 atom stereocenters. The molecule has 0 spiro atoms. The normalized spacial score (nSPS) is 21.3. The van der Waals surface area contributed by atoms with Gasteiger partial charge in [0.25, 0.3) is 0 Å². The van der Waals surface area contributed by atoms with Crippen molar-refractivity contribution in [3.63, 3.8) is 0 Å². The number of rotatable bonds is 4. The zero-order chi connectivity index (χ0) is 13.9. The van der Waals surface area contributed by atoms with E-state index in [9.17, 15) is 5.11 Å². The quantitative estimate of drug-likeness (QED) is 0.905. The summed E-state index contributed by atoms with van der Waals surface area (Å²) in [5, 5.41) is 10.3. The van der Waals surface area contributed by atoms with Gasteiger partial charge in [-0.2, -0.15) is 0 Å². The van der Waals surface area contributed by atoms with Crippen molar-refractivity contribution in [3.8, 4) is 0 Å². The molecule has 0 aliphatic carbocycles. The van der Waals surface area contributed by atoms with E-state index < -0.39 is 6.10 Å². The van der Waals surface area contributed by atoms with Gasteiger partial charge >= 0.3 is 0 Å². The van der Waals surface area contributed by atoms with E-state index in [2.05, 4.69) is 37.8 Å². The molecule has 0 radical (unpaired) electrons. The van der Waals surface area contributed by atoms with Crippen LogP contribution in [0.3, 0.4) is 0 Å². The van der Waals surface area contributed by atoms with Gasteiger partial charge in [-0.1, -0.05) is 31.2 Å². The lowest BCUT2D eigenvalue weighted by atomic mass is 10.0. The summed E-state index contributed by atoms with van der Waals surface area (Å²) in [4.78, 5) is 2.28. The maximum absolute atomic E-state index is 10.3. The Morgan fingerprint density at radius 3 is 2.58 bits per heavy atom. The molecule has 106 valence electrons. The summed E-state index contributed by atoms with van der Waals surface area (Å²) in [7, 11) is 0. The average Bonchev–Trinajstić information content (AvgIpc) is 2.37. The second kappa shape index (κ2) is 6.04. The van der Waals surface area contributed by atoms with Crippen LogP contribution in [0.1, 0.15) is 38.0 Å². The number of aryl methyl sites for hydroxylation is 1. The molecule has 1 fully saturated rings. The van der Waals surface area contributed by atoms with E-state index in [0.717, 1.165) is 31.7 Å². The Bertz CT molecular complexity index is 400. The molecule has 1 aromatic carbocycles. The minimum atomic E-state index is -0.417. The molecule has 0 amide bonds. The number of β-amino-alcohol motifs (C(OH)–C–C–N with tert-alkyl or cyclic N) is 1. The van der Waals surface area contributed by atoms with Gasteiger partial charge in [0.05, 0.1) is 18.3 Å². The molecule has 0 bridgehead atoms. The number of benzene rings is 1. The van der Waals surface area contributed by atoms with Crippen molar-refractivity contribution in [3.05, 3.63) is 35.4 Å². The summed E-state index contributed by atoms with van der Waals surface area (Å²) < 4.78 is 5.69. The summed E-state index contributed by atoms with van der Waals surface area (Å²) in [5.74, 6) is 0. The van der Waals surface area contributed by atoms with E-state index in [1.807, 2.05) is 12.1 Å². The van der Waals surface area contributed by atoms with Gasteiger partial charge in [-0.15, -0.1) is 0 Å². The van der Waals surface area contributed by atoms with Crippen LogP contribution in [0.25, 0.3) is 0 Å². The van der Waals surface area contributed by atoms with Gasteiger partial charge in [0.1, 0.15) is 0 Å². The van der Waals surface area contributed by atoms with E-state index in [1.165, 1.54) is 5.56 Å². The molecule has 0 saturated carbocycles. The van der Waals surface area contributed by atoms with Gasteiger partial charge in [-0.25, -0.2) is 0 Å². The van der Waals surface area contributed by atoms with E-state index in [-0.39, 0.29) is 5.60 Å². The minimum Gasteiger partial charge on any atom is -0.387 e. The van der Waals surface area contributed by atoms with Gasteiger partial charge in [0, 0.05) is 19.6 Å². The second-order valence-corrected chi connectivity index (χ2v) is 5.95. The Hall–Kier alpha value is -0.900. The average molecular weight is 263 g/mol. The highest BCUT2D eigenvalue weighted by Gasteiger charge is 2.28. The van der Waals surface area contributed by atoms with Crippen LogP contribution < -0.4 is 0 Å². The summed E-state index contributed by atoms with van der Waals surface area (Å²) in [6.07, 6.45) is 0.619. The highest BCUT2D eigenvalue weighted by atomic mass is 16.5. The molecule has 1 aliphatic heterocycles. The van der Waals surface area contributed by atoms with Gasteiger partial charge in [0.2, 0.25) is 0 Å². The fourth-order valence-electron chi connectivity index (χ4n) is 2.60. The zero-order valence-electron chi connectivity index (χ0n) is 12.2. The number of hydrogen-bond acceptors (Lipinski definition) is 3. The fourth-order valence-corrected chi connectivity index (χ4v) is 2.60. The Balaban J connectivity index is 1.94. The van der Waals surface area contributed by atoms with Crippen LogP contribution in [0.5, 0.6) is 0 Å². The van der Waals surface area contributed by atoms with E-state index in [0.29, 0.717) is 6.54 Å². The maximum Gasteiger partial charge on any atom is 0.0916 e. The molecular weight excluding hydrogens is 238 g/mol. The first-order chi connectivity index (χ1) is 9.00. The molecule has 2 rings (SSSR count). The monoisotopic (exact) mass is 263 g/mol. The highest BCUT2D eigenvalue weighted by Crippen LogP contribution is 2.20. The van der Waals surface area contributed by atoms with E-state index in [4.69, 9.17) is 4.74 Å². The highest BCUT2D eigenvalue weighted by molar-refractivity contribution is 5.24. The molecule has 1 unspecified atom stereocenters. The van der Waals surface area contributed by atoms with Crippen molar-refractivity contribution in [2.75, 3.05) is 26.2 Å². The Kier molecular flexibility index (Phi) is 4.61. The first kappa shape index (κ1) is 14.5. The molecule has 1 saturated heterocycles. The molecule has 1 heterocycles. The van der Waals surface area contributed by atoms with Crippen molar-refractivity contribution in [1.29, 1.82) is 0 Å². The topological polar surface area (TPSA) is 32.7 Å². The third-order valence-corrected chi connectivity index (χ3v) is 3.71. The van der Waals surface area contributed by atoms with Crippen molar-refractivity contribution < 1.29 is 9.84 Å². The van der Waals surface area contributed by atoms with Crippen LogP contribution >= 0.6 is 0 Å². The maximum atomic E-state index is 10.3. The molecule has 0 aromatic heterocycles. The lowest BCUT2D eigenvalue weighted by Crippen LogP contribution is -2.49. The largest absolute Gasteiger partial charge is 0.387 e. The number of aliphatic hydroxyl groups excluding tert-OH is 1. The number of hydrogen-bond donors (Lipinski definition) is 1. The van der Waals surface area contributed by atoms with Crippen molar-refractivity contribution in [2.45, 2.75) is 38.9 Å². The molecule has 1 aliphatic rings. The van der Waals surface area contributed by atoms with Crippen molar-refractivity contribution >= 4 is 0 Å². The third kappa shape index (κ3) is 4.03. The lowest BCUT2D eigenvalue weighted by Gasteiger charge is -2.38. The second-order valence-electron chi connectivity index (χ2n) is 5.95. The Morgan fingerprint density at radius 2 is 2.00 bits per heavy atom. The summed E-state index contributed by atoms with van der Waals surface area (Å²) in [6, 6.07) is 8.27. The Labute approximate surface area is 116 Å². The van der Waals surface area contributed by atoms with Crippen LogP contribution in [0.2, 0.25) is 0 Å². The van der Waals surface area contributed by atoms with Crippen LogP contribution in [0, 0.1) is 0 Å². The molecule has 3 heteroatoms. The number of morpholine rings is 1. The van der Waals surface area contributed by atoms with Crippen LogP contribution in [-0.2, 0) is 11.2 Å². The minimum absolute atomic E-state index is 0.107. The zero-order valence-corrected chi connectivity index (χ0v) is 12.2. The first-order valence-corrected chi connectivity index (χ1v) is 7.13. The first-order valence-electron chi connectivity index (χ1n) is 7.13. The van der Waals surface area contributed by atoms with Crippen LogP contribution in [-0.4, -0.2) is 41.8 Å². The Morgan fingerprint density at radius 1 is 1.32 bits per heavy atom. The predicted octanol–water partition coefficient (Wildman–Crippen LogP) is 2.39. The van der Waals surface area contributed by atoms with Crippen LogP contribution in [0.15, 0.2) is 24.3 Å². The van der Waals surface area contributed by atoms with Gasteiger partial charge < -0.3 is 9.84 Å². The summed E-state index contributed by atoms with van der Waals surface area (Å²) in [5.41, 5.74) is 2.20. The van der Waals surface area contributed by atoms with Crippen molar-refractivity contribution in [2.24, 2.45) is 0 Å². The fraction of sp³-hybridized carbons (Fsp3) is 0.625. The summed E-state index contributed by atoms with van der Waals surface area (Å²) >= 11 is 0. The van der Waals surface area contributed by atoms with E-state index >= 15 is 0 Å². The number of ether oxygens (including phenoxy) is 1.